The van der Waals surface area contributed by atoms with Crippen LogP contribution in [0.2, 0.25) is 0 Å². The summed E-state index contributed by atoms with van der Waals surface area (Å²) in [7, 11) is 0. The van der Waals surface area contributed by atoms with E-state index in [4.69, 9.17) is 5.73 Å². The van der Waals surface area contributed by atoms with Crippen LogP contribution in [0.25, 0.3) is 0 Å². The second kappa shape index (κ2) is 4.30. The molecule has 0 unspecified atom stereocenters. The van der Waals surface area contributed by atoms with Crippen molar-refractivity contribution in [2.75, 3.05) is 0 Å². The van der Waals surface area contributed by atoms with Crippen molar-refractivity contribution in [2.45, 2.75) is 59.0 Å². The minimum Gasteiger partial charge on any atom is -0.322 e. The number of rotatable bonds is 2. The smallest absolute Gasteiger partial charge is 0.255 e. The van der Waals surface area contributed by atoms with Crippen molar-refractivity contribution in [3.63, 3.8) is 0 Å². The molecule has 0 atom stereocenters. The monoisotopic (exact) mass is 236 g/mol. The first-order valence-corrected chi connectivity index (χ1v) is 6.12. The number of hydrogen-bond donors (Lipinski definition) is 1. The maximum absolute atomic E-state index is 12.4. The molecule has 2 N–H and O–H groups in total. The first-order valence-electron chi connectivity index (χ1n) is 6.12. The van der Waals surface area contributed by atoms with E-state index in [1.165, 1.54) is 0 Å². The highest BCUT2D eigenvalue weighted by Crippen LogP contribution is 2.22. The summed E-state index contributed by atoms with van der Waals surface area (Å²) in [6, 6.07) is 3.89. The summed E-state index contributed by atoms with van der Waals surface area (Å²) in [5.74, 6) is 0. The lowest BCUT2D eigenvalue weighted by Gasteiger charge is -2.26. The molecule has 1 rings (SSSR count). The average Bonchev–Trinajstić information content (AvgIpc) is 2.13. The Bertz CT molecular complexity index is 459. The molecule has 1 heterocycles. The molecule has 0 saturated carbocycles. The van der Waals surface area contributed by atoms with E-state index in [2.05, 4.69) is 20.8 Å². The molecular weight excluding hydrogens is 212 g/mol. The van der Waals surface area contributed by atoms with Gasteiger partial charge in [-0.25, -0.2) is 0 Å². The molecule has 0 spiro atoms. The molecule has 3 heteroatoms. The van der Waals surface area contributed by atoms with Gasteiger partial charge in [-0.15, -0.1) is 0 Å². The summed E-state index contributed by atoms with van der Waals surface area (Å²) < 4.78 is 1.82. The van der Waals surface area contributed by atoms with Crippen LogP contribution in [-0.4, -0.2) is 4.57 Å². The zero-order chi connectivity index (χ0) is 13.4. The van der Waals surface area contributed by atoms with E-state index in [0.29, 0.717) is 12.1 Å². The molecule has 0 bridgehead atoms. The normalized spacial score (nSPS) is 12.9. The first-order chi connectivity index (χ1) is 7.59. The van der Waals surface area contributed by atoms with E-state index in [0.717, 1.165) is 5.69 Å². The third kappa shape index (κ3) is 2.78. The molecule has 1 aromatic rings. The van der Waals surface area contributed by atoms with Crippen molar-refractivity contribution >= 4 is 0 Å². The third-order valence-electron chi connectivity index (χ3n) is 2.95. The number of nitrogens with two attached hydrogens (primary N) is 1. The first kappa shape index (κ1) is 14.0. The van der Waals surface area contributed by atoms with E-state index < -0.39 is 5.54 Å². The fraction of sp³-hybridized carbons (Fsp3) is 0.643. The van der Waals surface area contributed by atoms with Crippen LogP contribution in [0.1, 0.15) is 52.8 Å². The van der Waals surface area contributed by atoms with Crippen molar-refractivity contribution in [3.05, 3.63) is 33.7 Å². The second-order valence-electron chi connectivity index (χ2n) is 6.15. The summed E-state index contributed by atoms with van der Waals surface area (Å²) in [5, 5.41) is 0. The van der Waals surface area contributed by atoms with Crippen LogP contribution in [0.15, 0.2) is 16.9 Å². The Morgan fingerprint density at radius 3 is 2.06 bits per heavy atom. The second-order valence-corrected chi connectivity index (χ2v) is 6.15. The highest BCUT2D eigenvalue weighted by atomic mass is 16.1. The summed E-state index contributed by atoms with van der Waals surface area (Å²) in [6.07, 6.45) is 0. The van der Waals surface area contributed by atoms with Gasteiger partial charge in [0.25, 0.3) is 5.56 Å². The molecule has 0 aliphatic carbocycles. The van der Waals surface area contributed by atoms with Gasteiger partial charge in [0.2, 0.25) is 0 Å². The fourth-order valence-corrected chi connectivity index (χ4v) is 2.04. The molecule has 0 aromatic carbocycles. The summed E-state index contributed by atoms with van der Waals surface area (Å²) in [6.45, 7) is 12.7. The number of hydrogen-bond acceptors (Lipinski definition) is 2. The molecule has 3 nitrogen and oxygen atoms in total. The highest BCUT2D eigenvalue weighted by molar-refractivity contribution is 5.25. The predicted molar refractivity (Wildman–Crippen MR) is 72.3 cm³/mol. The Kier molecular flexibility index (Phi) is 3.53. The predicted octanol–water partition coefficient (Wildman–Crippen LogP) is 2.36. The Morgan fingerprint density at radius 1 is 1.18 bits per heavy atom. The molecule has 0 aliphatic heterocycles. The van der Waals surface area contributed by atoms with Gasteiger partial charge < -0.3 is 10.3 Å². The van der Waals surface area contributed by atoms with Gasteiger partial charge in [-0.3, -0.25) is 4.79 Å². The van der Waals surface area contributed by atoms with Gasteiger partial charge in [0.15, 0.2) is 0 Å². The van der Waals surface area contributed by atoms with E-state index >= 15 is 0 Å². The molecule has 17 heavy (non-hydrogen) atoms. The molecule has 0 amide bonds. The van der Waals surface area contributed by atoms with E-state index in [1.54, 1.807) is 0 Å². The maximum atomic E-state index is 12.4. The lowest BCUT2D eigenvalue weighted by molar-refractivity contribution is 0.489. The minimum absolute atomic E-state index is 0.0347. The summed E-state index contributed by atoms with van der Waals surface area (Å²) in [5.41, 5.74) is 7.16. The van der Waals surface area contributed by atoms with Crippen LogP contribution in [0, 0.1) is 0 Å². The number of nitrogens with zero attached hydrogens (tertiary/aromatic N) is 1. The van der Waals surface area contributed by atoms with Gasteiger partial charge >= 0.3 is 0 Å². The maximum Gasteiger partial charge on any atom is 0.255 e. The molecule has 0 radical (unpaired) electrons. The van der Waals surface area contributed by atoms with Gasteiger partial charge in [-0.2, -0.15) is 0 Å². The Morgan fingerprint density at radius 2 is 1.71 bits per heavy atom. The Labute approximate surface area is 104 Å². The van der Waals surface area contributed by atoms with E-state index in [9.17, 15) is 4.79 Å². The zero-order valence-corrected chi connectivity index (χ0v) is 11.8. The van der Waals surface area contributed by atoms with Gasteiger partial charge in [-0.1, -0.05) is 20.8 Å². The van der Waals surface area contributed by atoms with Crippen LogP contribution in [-0.2, 0) is 17.5 Å². The zero-order valence-electron chi connectivity index (χ0n) is 11.8. The molecular formula is C14H24N2O. The third-order valence-corrected chi connectivity index (χ3v) is 2.95. The van der Waals surface area contributed by atoms with Gasteiger partial charge in [0.1, 0.15) is 0 Å². The standard InChI is InChI=1S/C14H24N2O/c1-7-16-11(13(2,3)4)9-8-10(12(16)17)14(5,6)15/h8-9H,7,15H2,1-6H3. The van der Waals surface area contributed by atoms with Crippen molar-refractivity contribution < 1.29 is 0 Å². The number of aromatic nitrogens is 1. The number of pyridine rings is 1. The molecule has 96 valence electrons. The Balaban J connectivity index is 3.55. The van der Waals surface area contributed by atoms with Gasteiger partial charge in [0.05, 0.1) is 0 Å². The quantitative estimate of drug-likeness (QED) is 0.857. The van der Waals surface area contributed by atoms with Gasteiger partial charge in [-0.05, 0) is 32.9 Å². The fourth-order valence-electron chi connectivity index (χ4n) is 2.04. The van der Waals surface area contributed by atoms with Crippen LogP contribution >= 0.6 is 0 Å². The van der Waals surface area contributed by atoms with Crippen molar-refractivity contribution in [2.24, 2.45) is 5.73 Å². The van der Waals surface area contributed by atoms with E-state index in [1.807, 2.05) is 37.5 Å². The van der Waals surface area contributed by atoms with Crippen LogP contribution in [0.3, 0.4) is 0 Å². The molecule has 0 saturated heterocycles. The van der Waals surface area contributed by atoms with Crippen molar-refractivity contribution in [1.29, 1.82) is 0 Å². The highest BCUT2D eigenvalue weighted by Gasteiger charge is 2.24. The average molecular weight is 236 g/mol. The van der Waals surface area contributed by atoms with Crippen molar-refractivity contribution in [3.8, 4) is 0 Å². The lowest BCUT2D eigenvalue weighted by Crippen LogP contribution is -2.40. The lowest BCUT2D eigenvalue weighted by atomic mass is 9.89. The van der Waals surface area contributed by atoms with Crippen LogP contribution < -0.4 is 11.3 Å². The SMILES string of the molecule is CCn1c(C(C)(C)C)ccc(C(C)(C)N)c1=O. The van der Waals surface area contributed by atoms with Crippen LogP contribution in [0.5, 0.6) is 0 Å². The van der Waals surface area contributed by atoms with E-state index in [-0.39, 0.29) is 11.0 Å². The molecule has 0 aliphatic rings. The topological polar surface area (TPSA) is 48.0 Å². The van der Waals surface area contributed by atoms with Gasteiger partial charge in [0, 0.05) is 28.8 Å². The largest absolute Gasteiger partial charge is 0.322 e. The summed E-state index contributed by atoms with van der Waals surface area (Å²) in [4.78, 5) is 12.4. The Hall–Kier alpha value is -1.09. The molecule has 0 fully saturated rings. The van der Waals surface area contributed by atoms with Crippen molar-refractivity contribution in [1.82, 2.24) is 4.57 Å². The minimum atomic E-state index is -0.593. The molecule has 1 aromatic heterocycles. The summed E-state index contributed by atoms with van der Waals surface area (Å²) >= 11 is 0. The van der Waals surface area contributed by atoms with Crippen LogP contribution in [0.4, 0.5) is 0 Å².